The summed E-state index contributed by atoms with van der Waals surface area (Å²) in [5.41, 5.74) is 0.102. The van der Waals surface area contributed by atoms with Gasteiger partial charge in [0.05, 0.1) is 46.8 Å². The fraction of sp³-hybridized carbons (Fsp3) is 0.238. The molecule has 0 fully saturated rings. The number of rotatable bonds is 6. The van der Waals surface area contributed by atoms with E-state index in [1.165, 1.54) is 30.3 Å². The van der Waals surface area contributed by atoms with Gasteiger partial charge in [-0.15, -0.1) is 0 Å². The number of nitrogens with zero attached hydrogens (tertiary/aromatic N) is 2. The average Bonchev–Trinajstić information content (AvgIpc) is 3.23. The summed E-state index contributed by atoms with van der Waals surface area (Å²) in [6, 6.07) is 8.29. The molecule has 0 bridgehead atoms. The summed E-state index contributed by atoms with van der Waals surface area (Å²) < 4.78 is 37.1. The van der Waals surface area contributed by atoms with Crippen LogP contribution in [0.5, 0.6) is 0 Å². The van der Waals surface area contributed by atoms with Crippen molar-refractivity contribution in [2.75, 3.05) is 20.8 Å². The van der Waals surface area contributed by atoms with Crippen molar-refractivity contribution in [3.63, 3.8) is 0 Å². The van der Waals surface area contributed by atoms with Crippen LogP contribution in [0, 0.1) is 17.0 Å². The second-order valence-electron chi connectivity index (χ2n) is 6.96. The van der Waals surface area contributed by atoms with E-state index in [2.05, 4.69) is 4.74 Å². The van der Waals surface area contributed by atoms with Gasteiger partial charge in [0.1, 0.15) is 0 Å². The first kappa shape index (κ1) is 23.1. The number of hydrogen-bond donors (Lipinski definition) is 0. The van der Waals surface area contributed by atoms with Crippen molar-refractivity contribution in [1.29, 1.82) is 0 Å². The quantitative estimate of drug-likeness (QED) is 0.365. The Morgan fingerprint density at radius 2 is 1.69 bits per heavy atom. The van der Waals surface area contributed by atoms with Crippen molar-refractivity contribution in [2.45, 2.75) is 17.9 Å². The van der Waals surface area contributed by atoms with Gasteiger partial charge in [-0.05, 0) is 31.2 Å². The molecular weight excluding hydrogens is 440 g/mol. The zero-order valence-corrected chi connectivity index (χ0v) is 18.3. The molecule has 2 aromatic carbocycles. The number of nitro benzene ring substituents is 1. The molecule has 0 aromatic heterocycles. The fourth-order valence-electron chi connectivity index (χ4n) is 3.46. The highest BCUT2D eigenvalue weighted by Gasteiger charge is 2.43. The van der Waals surface area contributed by atoms with Gasteiger partial charge < -0.3 is 9.47 Å². The molecule has 0 radical (unpaired) electrons. The Labute approximate surface area is 184 Å². The number of methoxy groups -OCH3 is 2. The summed E-state index contributed by atoms with van der Waals surface area (Å²) in [5, 5.41) is 11.8. The molecule has 0 spiro atoms. The SMILES string of the molecule is COC(=O)C1=CCN(S(=O)(=O)c2ccc(C)cc2)C1c1ccc(C(=O)OC)cc1[N+](=O)[O-]. The maximum Gasteiger partial charge on any atom is 0.338 e. The summed E-state index contributed by atoms with van der Waals surface area (Å²) in [4.78, 5) is 35.3. The largest absolute Gasteiger partial charge is 0.466 e. The number of carbonyl (C=O) groups excluding carboxylic acids is 2. The fourth-order valence-corrected chi connectivity index (χ4v) is 4.98. The number of sulfonamides is 1. The first-order valence-electron chi connectivity index (χ1n) is 9.35. The second kappa shape index (κ2) is 8.89. The number of benzene rings is 2. The molecular formula is C21H20N2O8S. The van der Waals surface area contributed by atoms with Crippen LogP contribution in [0.15, 0.2) is 59.0 Å². The summed E-state index contributed by atoms with van der Waals surface area (Å²) in [5.74, 6) is -1.61. The van der Waals surface area contributed by atoms with Gasteiger partial charge in [-0.2, -0.15) is 4.31 Å². The van der Waals surface area contributed by atoms with Crippen LogP contribution in [0.2, 0.25) is 0 Å². The standard InChI is InChI=1S/C21H20N2O8S/c1-13-4-7-15(8-5-13)32(28,29)22-11-10-17(21(25)31-3)19(22)16-9-6-14(20(24)30-2)12-18(16)23(26)27/h4-10,12,19H,11H2,1-3H3. The van der Waals surface area contributed by atoms with Crippen molar-refractivity contribution >= 4 is 27.6 Å². The summed E-state index contributed by atoms with van der Waals surface area (Å²) in [6.07, 6.45) is 1.36. The maximum atomic E-state index is 13.4. The van der Waals surface area contributed by atoms with E-state index < -0.39 is 38.6 Å². The molecule has 0 amide bonds. The number of nitro groups is 1. The summed E-state index contributed by atoms with van der Waals surface area (Å²) in [7, 11) is -1.88. The third kappa shape index (κ3) is 4.12. The highest BCUT2D eigenvalue weighted by molar-refractivity contribution is 7.89. The molecule has 1 atom stereocenters. The summed E-state index contributed by atoms with van der Waals surface area (Å²) in [6.45, 7) is 1.61. The first-order valence-corrected chi connectivity index (χ1v) is 10.8. The topological polar surface area (TPSA) is 133 Å². The van der Waals surface area contributed by atoms with Crippen molar-refractivity contribution < 1.29 is 32.4 Å². The maximum absolute atomic E-state index is 13.4. The zero-order valence-electron chi connectivity index (χ0n) is 17.5. The van der Waals surface area contributed by atoms with Gasteiger partial charge in [-0.1, -0.05) is 23.8 Å². The van der Waals surface area contributed by atoms with E-state index in [-0.39, 0.29) is 28.1 Å². The minimum atomic E-state index is -4.14. The molecule has 32 heavy (non-hydrogen) atoms. The molecule has 0 N–H and O–H groups in total. The lowest BCUT2D eigenvalue weighted by atomic mass is 9.97. The van der Waals surface area contributed by atoms with Gasteiger partial charge in [0, 0.05) is 12.6 Å². The number of hydrogen-bond acceptors (Lipinski definition) is 8. The van der Waals surface area contributed by atoms with Crippen LogP contribution in [-0.4, -0.2) is 50.3 Å². The van der Waals surface area contributed by atoms with E-state index >= 15 is 0 Å². The van der Waals surface area contributed by atoms with Crippen LogP contribution in [0.4, 0.5) is 5.69 Å². The van der Waals surface area contributed by atoms with Gasteiger partial charge in [-0.25, -0.2) is 18.0 Å². The summed E-state index contributed by atoms with van der Waals surface area (Å²) >= 11 is 0. The lowest BCUT2D eigenvalue weighted by Crippen LogP contribution is -2.33. The van der Waals surface area contributed by atoms with Crippen molar-refractivity contribution in [1.82, 2.24) is 4.31 Å². The Hall–Kier alpha value is -3.57. The van der Waals surface area contributed by atoms with Gasteiger partial charge in [0.15, 0.2) is 0 Å². The lowest BCUT2D eigenvalue weighted by molar-refractivity contribution is -0.385. The van der Waals surface area contributed by atoms with Crippen LogP contribution in [-0.2, 0) is 24.3 Å². The van der Waals surface area contributed by atoms with E-state index in [0.717, 1.165) is 30.2 Å². The van der Waals surface area contributed by atoms with E-state index in [0.29, 0.717) is 0 Å². The van der Waals surface area contributed by atoms with Crippen LogP contribution in [0.1, 0.15) is 27.5 Å². The lowest BCUT2D eigenvalue weighted by Gasteiger charge is -2.26. The Morgan fingerprint density at radius 3 is 2.25 bits per heavy atom. The molecule has 1 heterocycles. The minimum Gasteiger partial charge on any atom is -0.466 e. The Kier molecular flexibility index (Phi) is 6.42. The third-order valence-corrected chi connectivity index (χ3v) is 6.91. The van der Waals surface area contributed by atoms with Gasteiger partial charge in [0.25, 0.3) is 5.69 Å². The van der Waals surface area contributed by atoms with Crippen LogP contribution in [0.3, 0.4) is 0 Å². The van der Waals surface area contributed by atoms with E-state index in [4.69, 9.17) is 4.74 Å². The molecule has 1 unspecified atom stereocenters. The van der Waals surface area contributed by atoms with E-state index in [1.807, 2.05) is 0 Å². The second-order valence-corrected chi connectivity index (χ2v) is 8.85. The molecule has 3 rings (SSSR count). The molecule has 0 saturated heterocycles. The van der Waals surface area contributed by atoms with Gasteiger partial charge >= 0.3 is 11.9 Å². The molecule has 10 nitrogen and oxygen atoms in total. The van der Waals surface area contributed by atoms with Gasteiger partial charge in [-0.3, -0.25) is 10.1 Å². The van der Waals surface area contributed by atoms with Crippen LogP contribution >= 0.6 is 0 Å². The number of carbonyl (C=O) groups is 2. The van der Waals surface area contributed by atoms with Crippen molar-refractivity contribution in [3.8, 4) is 0 Å². The Bertz CT molecular complexity index is 1220. The highest BCUT2D eigenvalue weighted by Crippen LogP contribution is 2.42. The Morgan fingerprint density at radius 1 is 1.06 bits per heavy atom. The van der Waals surface area contributed by atoms with Gasteiger partial charge in [0.2, 0.25) is 10.0 Å². The Balaban J connectivity index is 2.19. The third-order valence-electron chi connectivity index (χ3n) is 5.07. The van der Waals surface area contributed by atoms with E-state index in [9.17, 15) is 28.1 Å². The predicted molar refractivity (Wildman–Crippen MR) is 112 cm³/mol. The van der Waals surface area contributed by atoms with Crippen LogP contribution < -0.4 is 0 Å². The molecule has 1 aliphatic rings. The predicted octanol–water partition coefficient (Wildman–Crippen LogP) is 2.53. The monoisotopic (exact) mass is 460 g/mol. The number of ether oxygens (including phenoxy) is 2. The zero-order chi connectivity index (χ0) is 23.6. The molecule has 2 aromatic rings. The highest BCUT2D eigenvalue weighted by atomic mass is 32.2. The molecule has 11 heteroatoms. The minimum absolute atomic E-state index is 0.0264. The molecule has 168 valence electrons. The number of aryl methyl sites for hydroxylation is 1. The molecule has 1 aliphatic heterocycles. The number of esters is 2. The smallest absolute Gasteiger partial charge is 0.338 e. The molecule has 0 aliphatic carbocycles. The normalized spacial score (nSPS) is 16.3. The van der Waals surface area contributed by atoms with Crippen molar-refractivity contribution in [2.24, 2.45) is 0 Å². The van der Waals surface area contributed by atoms with Crippen molar-refractivity contribution in [3.05, 3.63) is 80.9 Å². The average molecular weight is 460 g/mol. The first-order chi connectivity index (χ1) is 15.1. The van der Waals surface area contributed by atoms with E-state index in [1.54, 1.807) is 19.1 Å². The van der Waals surface area contributed by atoms with Crippen LogP contribution in [0.25, 0.3) is 0 Å². The molecule has 0 saturated carbocycles.